The van der Waals surface area contributed by atoms with Crippen LogP contribution in [0.5, 0.6) is 0 Å². The first kappa shape index (κ1) is 18.7. The zero-order valence-electron chi connectivity index (χ0n) is 13.9. The van der Waals surface area contributed by atoms with Crippen molar-refractivity contribution in [2.75, 3.05) is 0 Å². The Hall–Kier alpha value is -1.32. The lowest BCUT2D eigenvalue weighted by Gasteiger charge is -2.28. The molecule has 0 aliphatic heterocycles. The van der Waals surface area contributed by atoms with Crippen molar-refractivity contribution in [2.45, 2.75) is 73.8 Å². The number of fused-ring (bicyclic) bond motifs is 1. The first-order valence-electron chi connectivity index (χ1n) is 7.73. The zero-order valence-corrected chi connectivity index (χ0v) is 13.9. The van der Waals surface area contributed by atoms with Gasteiger partial charge in [-0.25, -0.2) is 0 Å². The van der Waals surface area contributed by atoms with E-state index in [9.17, 15) is 4.79 Å². The van der Waals surface area contributed by atoms with Crippen LogP contribution in [0.1, 0.15) is 65.6 Å². The van der Waals surface area contributed by atoms with Crippen LogP contribution in [0, 0.1) is 5.41 Å². The molecule has 2 rings (SSSR count). The van der Waals surface area contributed by atoms with Crippen LogP contribution in [0.25, 0.3) is 0 Å². The number of rotatable bonds is 3. The van der Waals surface area contributed by atoms with Crippen LogP contribution in [0.15, 0.2) is 6.20 Å². The molecule has 0 spiro atoms. The molecular formula is C16H30N2O2. The van der Waals surface area contributed by atoms with E-state index < -0.39 is 5.97 Å². The van der Waals surface area contributed by atoms with Gasteiger partial charge in [-0.1, -0.05) is 41.5 Å². The molecule has 4 nitrogen and oxygen atoms in total. The zero-order chi connectivity index (χ0) is 15.8. The molecule has 0 atom stereocenters. The highest BCUT2D eigenvalue weighted by molar-refractivity contribution is 5.66. The van der Waals surface area contributed by atoms with E-state index in [1.54, 1.807) is 4.68 Å². The Bertz CT molecular complexity index is 409. The molecule has 1 aliphatic rings. The SMILES string of the molecule is CC.CC.CC1(C)CCc2nn(CCC(=O)O)cc2C1. The number of aromatic nitrogens is 2. The Morgan fingerprint density at radius 3 is 2.50 bits per heavy atom. The number of carboxylic acid groups (broad SMARTS) is 1. The van der Waals surface area contributed by atoms with Crippen LogP contribution >= 0.6 is 0 Å². The number of nitrogens with zero attached hydrogens (tertiary/aromatic N) is 2. The number of aryl methyl sites for hydroxylation is 2. The predicted molar refractivity (Wildman–Crippen MR) is 83.0 cm³/mol. The van der Waals surface area contributed by atoms with E-state index in [2.05, 4.69) is 18.9 Å². The maximum absolute atomic E-state index is 10.5. The molecule has 1 aromatic heterocycles. The van der Waals surface area contributed by atoms with E-state index in [0.717, 1.165) is 25.0 Å². The Labute approximate surface area is 123 Å². The van der Waals surface area contributed by atoms with Gasteiger partial charge < -0.3 is 5.11 Å². The van der Waals surface area contributed by atoms with E-state index in [1.807, 2.05) is 33.9 Å². The molecule has 0 aromatic carbocycles. The number of hydrogen-bond acceptors (Lipinski definition) is 2. The fraction of sp³-hybridized carbons (Fsp3) is 0.750. The van der Waals surface area contributed by atoms with Crippen LogP contribution in [0.2, 0.25) is 0 Å². The summed E-state index contributed by atoms with van der Waals surface area (Å²) >= 11 is 0. The second-order valence-electron chi connectivity index (χ2n) is 5.35. The Balaban J connectivity index is 0.000000829. The van der Waals surface area contributed by atoms with Crippen LogP contribution in [0.3, 0.4) is 0 Å². The lowest BCUT2D eigenvalue weighted by atomic mass is 9.77. The van der Waals surface area contributed by atoms with E-state index >= 15 is 0 Å². The largest absolute Gasteiger partial charge is 0.481 e. The summed E-state index contributed by atoms with van der Waals surface area (Å²) in [6.07, 6.45) is 5.39. The molecule has 0 bridgehead atoms. The van der Waals surface area contributed by atoms with Gasteiger partial charge in [0.05, 0.1) is 18.7 Å². The maximum atomic E-state index is 10.5. The minimum Gasteiger partial charge on any atom is -0.481 e. The lowest BCUT2D eigenvalue weighted by molar-refractivity contribution is -0.137. The van der Waals surface area contributed by atoms with Crippen molar-refractivity contribution in [3.05, 3.63) is 17.5 Å². The van der Waals surface area contributed by atoms with Gasteiger partial charge in [0.1, 0.15) is 0 Å². The molecule has 1 N–H and O–H groups in total. The van der Waals surface area contributed by atoms with E-state index in [0.29, 0.717) is 12.0 Å². The summed E-state index contributed by atoms with van der Waals surface area (Å²) < 4.78 is 1.78. The summed E-state index contributed by atoms with van der Waals surface area (Å²) in [4.78, 5) is 10.5. The van der Waals surface area contributed by atoms with Crippen molar-refractivity contribution in [3.63, 3.8) is 0 Å². The third kappa shape index (κ3) is 5.76. The van der Waals surface area contributed by atoms with Gasteiger partial charge in [0.2, 0.25) is 0 Å². The van der Waals surface area contributed by atoms with Crippen LogP contribution in [0.4, 0.5) is 0 Å². The van der Waals surface area contributed by atoms with Crippen LogP contribution in [-0.2, 0) is 24.2 Å². The normalized spacial score (nSPS) is 15.1. The standard InChI is InChI=1S/C12H18N2O2.2C2H6/c1-12(2)5-3-10-9(7-12)8-14(13-10)6-4-11(15)16;2*1-2/h8H,3-7H2,1-2H3,(H,15,16);2*1-2H3. The van der Waals surface area contributed by atoms with Crippen molar-refractivity contribution in [2.24, 2.45) is 5.41 Å². The molecule has 0 unspecified atom stereocenters. The smallest absolute Gasteiger partial charge is 0.305 e. The second-order valence-corrected chi connectivity index (χ2v) is 5.35. The third-order valence-electron chi connectivity index (χ3n) is 3.19. The molecule has 1 aliphatic carbocycles. The second kappa shape index (κ2) is 8.77. The van der Waals surface area contributed by atoms with Crippen LogP contribution < -0.4 is 0 Å². The lowest BCUT2D eigenvalue weighted by Crippen LogP contribution is -2.21. The highest BCUT2D eigenvalue weighted by atomic mass is 16.4. The fourth-order valence-corrected chi connectivity index (χ4v) is 2.25. The highest BCUT2D eigenvalue weighted by Gasteiger charge is 2.27. The van der Waals surface area contributed by atoms with Crippen molar-refractivity contribution in [3.8, 4) is 0 Å². The minimum absolute atomic E-state index is 0.143. The molecule has 0 saturated heterocycles. The average molecular weight is 282 g/mol. The topological polar surface area (TPSA) is 55.1 Å². The molecule has 20 heavy (non-hydrogen) atoms. The van der Waals surface area contributed by atoms with Gasteiger partial charge in [0, 0.05) is 6.20 Å². The summed E-state index contributed by atoms with van der Waals surface area (Å²) in [5.41, 5.74) is 2.81. The number of hydrogen-bond donors (Lipinski definition) is 1. The number of carbonyl (C=O) groups is 1. The molecule has 1 heterocycles. The molecule has 0 amide bonds. The van der Waals surface area contributed by atoms with Crippen molar-refractivity contribution < 1.29 is 9.90 Å². The fourth-order valence-electron chi connectivity index (χ4n) is 2.25. The Morgan fingerprint density at radius 1 is 1.35 bits per heavy atom. The van der Waals surface area contributed by atoms with Crippen molar-refractivity contribution in [1.29, 1.82) is 0 Å². The molecule has 0 radical (unpaired) electrons. The van der Waals surface area contributed by atoms with Crippen LogP contribution in [-0.4, -0.2) is 20.9 Å². The summed E-state index contributed by atoms with van der Waals surface area (Å²) in [7, 11) is 0. The Morgan fingerprint density at radius 2 is 1.95 bits per heavy atom. The number of carboxylic acids is 1. The van der Waals surface area contributed by atoms with E-state index in [1.165, 1.54) is 5.56 Å². The molecule has 116 valence electrons. The van der Waals surface area contributed by atoms with Gasteiger partial charge in [0.15, 0.2) is 0 Å². The van der Waals surface area contributed by atoms with Gasteiger partial charge in [0.25, 0.3) is 0 Å². The summed E-state index contributed by atoms with van der Waals surface area (Å²) in [6.45, 7) is 13.0. The quantitative estimate of drug-likeness (QED) is 0.914. The Kier molecular flexibility index (Phi) is 8.19. The van der Waals surface area contributed by atoms with Gasteiger partial charge in [-0.3, -0.25) is 9.48 Å². The van der Waals surface area contributed by atoms with Gasteiger partial charge in [-0.2, -0.15) is 5.10 Å². The van der Waals surface area contributed by atoms with Crippen molar-refractivity contribution in [1.82, 2.24) is 9.78 Å². The average Bonchev–Trinajstić information content (AvgIpc) is 2.81. The molecular weight excluding hydrogens is 252 g/mol. The molecule has 0 saturated carbocycles. The molecule has 0 fully saturated rings. The minimum atomic E-state index is -0.770. The van der Waals surface area contributed by atoms with Crippen molar-refractivity contribution >= 4 is 5.97 Å². The van der Waals surface area contributed by atoms with E-state index in [-0.39, 0.29) is 6.42 Å². The van der Waals surface area contributed by atoms with Gasteiger partial charge in [-0.15, -0.1) is 0 Å². The summed E-state index contributed by atoms with van der Waals surface area (Å²) in [6, 6.07) is 0. The first-order chi connectivity index (χ1) is 9.46. The summed E-state index contributed by atoms with van der Waals surface area (Å²) in [5.74, 6) is -0.770. The molecule has 1 aromatic rings. The highest BCUT2D eigenvalue weighted by Crippen LogP contribution is 2.33. The van der Waals surface area contributed by atoms with Gasteiger partial charge >= 0.3 is 5.97 Å². The third-order valence-corrected chi connectivity index (χ3v) is 3.19. The monoisotopic (exact) mass is 282 g/mol. The first-order valence-corrected chi connectivity index (χ1v) is 7.73. The van der Waals surface area contributed by atoms with Gasteiger partial charge in [-0.05, 0) is 30.2 Å². The molecule has 4 heteroatoms. The number of aliphatic carboxylic acids is 1. The van der Waals surface area contributed by atoms with E-state index in [4.69, 9.17) is 5.11 Å². The summed E-state index contributed by atoms with van der Waals surface area (Å²) in [5, 5.41) is 13.1. The maximum Gasteiger partial charge on any atom is 0.305 e. The predicted octanol–water partition coefficient (Wildman–Crippen LogP) is 3.93.